The van der Waals surface area contributed by atoms with Crippen molar-refractivity contribution in [3.05, 3.63) is 34.9 Å². The Hall–Kier alpha value is -1.000. The van der Waals surface area contributed by atoms with Crippen molar-refractivity contribution in [2.24, 2.45) is 0 Å². The predicted octanol–water partition coefficient (Wildman–Crippen LogP) is 2.06. The van der Waals surface area contributed by atoms with Gasteiger partial charge in [-0.3, -0.25) is 0 Å². The molecular weight excluding hydrogens is 162 g/mol. The van der Waals surface area contributed by atoms with Crippen molar-refractivity contribution >= 4 is 11.3 Å². The van der Waals surface area contributed by atoms with Crippen molar-refractivity contribution in [3.63, 3.8) is 0 Å². The molecule has 1 aromatic heterocycles. The summed E-state index contributed by atoms with van der Waals surface area (Å²) in [6.45, 7) is 1.79. The Kier molecular flexibility index (Phi) is 3.51. The standard InChI is InChI=1S/C4H4S.C3H5NO2/c1-2-4-5-3-1;1-3-2-5-4-6-3/h1-4H;2,4H,1H3. The van der Waals surface area contributed by atoms with Gasteiger partial charge in [0, 0.05) is 5.64 Å². The van der Waals surface area contributed by atoms with E-state index < -0.39 is 0 Å². The molecule has 0 spiro atoms. The SMILES string of the molecule is CC1=CONO1.c1ccsc1. The lowest BCUT2D eigenvalue weighted by atomic mass is 10.7. The highest BCUT2D eigenvalue weighted by Crippen LogP contribution is 1.96. The highest BCUT2D eigenvalue weighted by atomic mass is 32.1. The van der Waals surface area contributed by atoms with Crippen LogP contribution in [0.15, 0.2) is 34.9 Å². The average molecular weight is 171 g/mol. The molecule has 3 nitrogen and oxygen atoms in total. The second-order valence-electron chi connectivity index (χ2n) is 1.82. The van der Waals surface area contributed by atoms with E-state index in [0.29, 0.717) is 0 Å². The van der Waals surface area contributed by atoms with Crippen LogP contribution in [-0.2, 0) is 9.68 Å². The quantitative estimate of drug-likeness (QED) is 0.648. The third-order valence-corrected chi connectivity index (χ3v) is 1.53. The fourth-order valence-corrected chi connectivity index (χ4v) is 0.901. The van der Waals surface area contributed by atoms with Gasteiger partial charge in [0.25, 0.3) is 0 Å². The molecule has 4 heteroatoms. The van der Waals surface area contributed by atoms with Crippen LogP contribution < -0.4 is 5.64 Å². The summed E-state index contributed by atoms with van der Waals surface area (Å²) in [5, 5.41) is 4.08. The molecule has 0 unspecified atom stereocenters. The number of nitrogens with one attached hydrogen (secondary N) is 1. The number of thiophene rings is 1. The predicted molar refractivity (Wildman–Crippen MR) is 43.4 cm³/mol. The largest absolute Gasteiger partial charge is 0.378 e. The van der Waals surface area contributed by atoms with Gasteiger partial charge in [-0.2, -0.15) is 11.3 Å². The molecule has 0 aromatic carbocycles. The summed E-state index contributed by atoms with van der Waals surface area (Å²) in [6, 6.07) is 4.04. The Morgan fingerprint density at radius 3 is 2.27 bits per heavy atom. The summed E-state index contributed by atoms with van der Waals surface area (Å²) < 4.78 is 0. The van der Waals surface area contributed by atoms with E-state index in [-0.39, 0.29) is 0 Å². The number of rotatable bonds is 0. The molecule has 0 fully saturated rings. The third kappa shape index (κ3) is 3.64. The molecule has 1 aliphatic rings. The van der Waals surface area contributed by atoms with Crippen molar-refractivity contribution in [1.29, 1.82) is 0 Å². The Bertz CT molecular complexity index is 191. The molecule has 0 saturated heterocycles. The lowest BCUT2D eigenvalue weighted by molar-refractivity contribution is -0.0571. The zero-order valence-corrected chi connectivity index (χ0v) is 6.93. The van der Waals surface area contributed by atoms with E-state index in [1.807, 2.05) is 22.9 Å². The Balaban J connectivity index is 0.000000112. The maximum Gasteiger partial charge on any atom is 0.162 e. The summed E-state index contributed by atoms with van der Waals surface area (Å²) in [7, 11) is 0. The zero-order chi connectivity index (χ0) is 7.94. The topological polar surface area (TPSA) is 30.5 Å². The van der Waals surface area contributed by atoms with Gasteiger partial charge in [-0.1, -0.05) is 12.1 Å². The van der Waals surface area contributed by atoms with E-state index >= 15 is 0 Å². The first-order valence-electron chi connectivity index (χ1n) is 3.11. The molecule has 1 aromatic rings. The van der Waals surface area contributed by atoms with E-state index in [1.54, 1.807) is 18.3 Å². The first kappa shape index (κ1) is 8.10. The van der Waals surface area contributed by atoms with Crippen LogP contribution in [0, 0.1) is 0 Å². The summed E-state index contributed by atoms with van der Waals surface area (Å²) >= 11 is 1.71. The van der Waals surface area contributed by atoms with Crippen LogP contribution in [0.5, 0.6) is 0 Å². The number of hydrogen-bond acceptors (Lipinski definition) is 4. The van der Waals surface area contributed by atoms with Gasteiger partial charge in [-0.25, -0.2) is 0 Å². The van der Waals surface area contributed by atoms with Crippen molar-refractivity contribution in [2.45, 2.75) is 6.92 Å². The highest BCUT2D eigenvalue weighted by molar-refractivity contribution is 7.07. The zero-order valence-electron chi connectivity index (χ0n) is 6.11. The van der Waals surface area contributed by atoms with Crippen molar-refractivity contribution in [3.8, 4) is 0 Å². The fourth-order valence-electron chi connectivity index (χ4n) is 0.448. The smallest absolute Gasteiger partial charge is 0.162 e. The molecule has 1 N–H and O–H groups in total. The summed E-state index contributed by atoms with van der Waals surface area (Å²) in [4.78, 5) is 8.96. The van der Waals surface area contributed by atoms with Crippen LogP contribution in [0.3, 0.4) is 0 Å². The van der Waals surface area contributed by atoms with Gasteiger partial charge in [0.2, 0.25) is 0 Å². The minimum atomic E-state index is 0.745. The Morgan fingerprint density at radius 1 is 1.36 bits per heavy atom. The summed E-state index contributed by atoms with van der Waals surface area (Å²) in [5.41, 5.74) is 2.18. The van der Waals surface area contributed by atoms with Gasteiger partial charge in [0.15, 0.2) is 12.0 Å². The molecule has 2 heterocycles. The van der Waals surface area contributed by atoms with E-state index in [1.165, 1.54) is 6.26 Å². The second-order valence-corrected chi connectivity index (χ2v) is 2.64. The van der Waals surface area contributed by atoms with E-state index in [4.69, 9.17) is 0 Å². The summed E-state index contributed by atoms with van der Waals surface area (Å²) in [6.07, 6.45) is 1.49. The Labute approximate surface area is 69.2 Å². The fraction of sp³-hybridized carbons (Fsp3) is 0.143. The molecular formula is C7H9NO2S. The maximum atomic E-state index is 4.54. The van der Waals surface area contributed by atoms with Crippen LogP contribution in [0.2, 0.25) is 0 Å². The van der Waals surface area contributed by atoms with Crippen molar-refractivity contribution < 1.29 is 9.68 Å². The molecule has 60 valence electrons. The van der Waals surface area contributed by atoms with Crippen molar-refractivity contribution in [2.75, 3.05) is 0 Å². The van der Waals surface area contributed by atoms with E-state index in [9.17, 15) is 0 Å². The van der Waals surface area contributed by atoms with E-state index in [0.717, 1.165) is 5.76 Å². The molecule has 0 bridgehead atoms. The van der Waals surface area contributed by atoms with Crippen molar-refractivity contribution in [1.82, 2.24) is 5.64 Å². The Morgan fingerprint density at radius 2 is 2.09 bits per heavy atom. The normalized spacial score (nSPS) is 13.7. The first-order valence-corrected chi connectivity index (χ1v) is 4.05. The highest BCUT2D eigenvalue weighted by Gasteiger charge is 1.94. The molecule has 0 atom stereocenters. The molecule has 0 radical (unpaired) electrons. The van der Waals surface area contributed by atoms with Crippen LogP contribution in [-0.4, -0.2) is 0 Å². The lowest BCUT2D eigenvalue weighted by Gasteiger charge is -1.87. The third-order valence-electron chi connectivity index (χ3n) is 0.901. The van der Waals surface area contributed by atoms with Gasteiger partial charge >= 0.3 is 0 Å². The molecule has 11 heavy (non-hydrogen) atoms. The molecule has 0 aliphatic carbocycles. The molecule has 1 aliphatic heterocycles. The van der Waals surface area contributed by atoms with E-state index in [2.05, 4.69) is 15.3 Å². The van der Waals surface area contributed by atoms with Gasteiger partial charge in [-0.15, -0.1) is 0 Å². The summed E-state index contributed by atoms with van der Waals surface area (Å²) in [5.74, 6) is 0.745. The van der Waals surface area contributed by atoms with Gasteiger partial charge < -0.3 is 9.68 Å². The molecule has 0 saturated carbocycles. The monoisotopic (exact) mass is 171 g/mol. The van der Waals surface area contributed by atoms with Crippen LogP contribution in [0.25, 0.3) is 0 Å². The number of allylic oxidation sites excluding steroid dienone is 1. The maximum absolute atomic E-state index is 4.54. The molecule has 2 rings (SSSR count). The minimum absolute atomic E-state index is 0.745. The number of hydrogen-bond donors (Lipinski definition) is 1. The van der Waals surface area contributed by atoms with Gasteiger partial charge in [0.1, 0.15) is 0 Å². The molecule has 0 amide bonds. The average Bonchev–Trinajstić information content (AvgIpc) is 2.57. The van der Waals surface area contributed by atoms with Gasteiger partial charge in [0.05, 0.1) is 0 Å². The van der Waals surface area contributed by atoms with Gasteiger partial charge in [-0.05, 0) is 17.7 Å². The van der Waals surface area contributed by atoms with Crippen LogP contribution in [0.1, 0.15) is 6.92 Å². The lowest BCUT2D eigenvalue weighted by Crippen LogP contribution is -2.00. The second kappa shape index (κ2) is 4.76. The first-order chi connectivity index (χ1) is 5.39. The van der Waals surface area contributed by atoms with Crippen LogP contribution in [0.4, 0.5) is 0 Å². The van der Waals surface area contributed by atoms with Crippen LogP contribution >= 0.6 is 11.3 Å². The minimum Gasteiger partial charge on any atom is -0.378 e.